The number of pyridine rings is 1. The van der Waals surface area contributed by atoms with E-state index < -0.39 is 0 Å². The number of fused-ring (bicyclic) bond motifs is 4. The van der Waals surface area contributed by atoms with E-state index in [1.807, 2.05) is 0 Å². The Morgan fingerprint density at radius 2 is 0.919 bits per heavy atom. The average molecular weight is 663 g/mol. The van der Waals surface area contributed by atoms with Crippen LogP contribution in [0, 0.1) is 6.07 Å². The molecule has 0 atom stereocenters. The minimum absolute atomic E-state index is 0. The molecule has 6 rings (SSSR count). The molecule has 0 amide bonds. The second-order valence-corrected chi connectivity index (χ2v) is 12.9. The summed E-state index contributed by atoms with van der Waals surface area (Å²) in [6, 6.07) is 28.4. The second kappa shape index (κ2) is 8.23. The Hall–Kier alpha value is -2.54. The van der Waals surface area contributed by atoms with Crippen molar-refractivity contribution in [3.05, 3.63) is 124 Å². The molecule has 191 valence electrons. The van der Waals surface area contributed by atoms with Crippen LogP contribution in [0.1, 0.15) is 99.9 Å². The number of rotatable bonds is 1. The van der Waals surface area contributed by atoms with E-state index in [-0.39, 0.29) is 41.8 Å². The topological polar surface area (TPSA) is 12.9 Å². The third kappa shape index (κ3) is 3.49. The van der Waals surface area contributed by atoms with Gasteiger partial charge in [-0.25, -0.2) is 0 Å². The van der Waals surface area contributed by atoms with Crippen molar-refractivity contribution in [3.63, 3.8) is 0 Å². The molecule has 0 N–H and O–H groups in total. The van der Waals surface area contributed by atoms with Gasteiger partial charge < -0.3 is 4.98 Å². The van der Waals surface area contributed by atoms with Crippen LogP contribution in [-0.4, -0.2) is 4.98 Å². The monoisotopic (exact) mass is 663 g/mol. The second-order valence-electron chi connectivity index (χ2n) is 12.9. The fraction of sp³-hybridized carbons (Fsp3) is 0.343. The minimum atomic E-state index is -0.0897. The first-order valence-electron chi connectivity index (χ1n) is 13.2. The largest absolute Gasteiger partial charge is 0.304 e. The molecule has 1 heterocycles. The van der Waals surface area contributed by atoms with Crippen LogP contribution in [0.2, 0.25) is 0 Å². The first kappa shape index (κ1) is 26.1. The van der Waals surface area contributed by atoms with Crippen LogP contribution in [-0.2, 0) is 41.8 Å². The first-order chi connectivity index (χ1) is 16.9. The van der Waals surface area contributed by atoms with Crippen LogP contribution in [0.5, 0.6) is 0 Å². The molecule has 1 nitrogen and oxygen atoms in total. The molecule has 1 radical (unpaired) electrons. The zero-order valence-electron chi connectivity index (χ0n) is 23.2. The van der Waals surface area contributed by atoms with E-state index in [9.17, 15) is 0 Å². The van der Waals surface area contributed by atoms with E-state index in [0.29, 0.717) is 0 Å². The van der Waals surface area contributed by atoms with Crippen LogP contribution < -0.4 is 0 Å². The molecule has 4 aromatic rings. The van der Waals surface area contributed by atoms with Crippen molar-refractivity contribution in [1.82, 2.24) is 4.98 Å². The van der Waals surface area contributed by atoms with Crippen LogP contribution >= 0.6 is 0 Å². The van der Waals surface area contributed by atoms with Crippen molar-refractivity contribution in [2.24, 2.45) is 0 Å². The third-order valence-electron chi connectivity index (χ3n) is 9.37. The summed E-state index contributed by atoms with van der Waals surface area (Å²) < 4.78 is 0. The first-order valence-corrected chi connectivity index (χ1v) is 13.2. The van der Waals surface area contributed by atoms with E-state index in [0.717, 1.165) is 11.3 Å². The van der Waals surface area contributed by atoms with Crippen molar-refractivity contribution >= 4 is 0 Å². The van der Waals surface area contributed by atoms with E-state index in [1.54, 1.807) is 0 Å². The fourth-order valence-electron chi connectivity index (χ4n) is 7.02. The molecule has 2 aliphatic carbocycles. The maximum Gasteiger partial charge on any atom is 0.0204 e. The SMILES string of the molecule is CC1(C)c2c[c-]c(-c3cc4c(cn3)C(C)(C)c3ccccc3C4(C)C)cc2C(C)(C)c2ccccc21.[Ir]. The summed E-state index contributed by atoms with van der Waals surface area (Å²) in [5.74, 6) is 0. The van der Waals surface area contributed by atoms with Crippen LogP contribution in [0.15, 0.2) is 72.9 Å². The summed E-state index contributed by atoms with van der Waals surface area (Å²) in [4.78, 5) is 5.04. The summed E-state index contributed by atoms with van der Waals surface area (Å²) in [7, 11) is 0. The molecular weight excluding hydrogens is 627 g/mol. The van der Waals surface area contributed by atoms with Gasteiger partial charge in [0.1, 0.15) is 0 Å². The molecule has 0 spiro atoms. The standard InChI is InChI=1S/C35H36N.Ir/c1-32(2)23-13-9-10-14-24(23)33(3,4)28-19-22(17-18-27(28)32)31-20-29-30(21-36-31)35(7,8)26-16-12-11-15-25(26)34(29,5)6;/h9-16,18-21H,1-8H3;/q-1;. The number of aromatic nitrogens is 1. The quantitative estimate of drug-likeness (QED) is 0.187. The molecular formula is C35H36IrN-. The molecule has 0 unspecified atom stereocenters. The Bertz CT molecular complexity index is 1420. The molecule has 0 saturated carbocycles. The summed E-state index contributed by atoms with van der Waals surface area (Å²) in [6.07, 6.45) is 2.13. The molecule has 1 aromatic heterocycles. The molecule has 0 aliphatic heterocycles. The molecule has 37 heavy (non-hydrogen) atoms. The zero-order chi connectivity index (χ0) is 25.7. The van der Waals surface area contributed by atoms with E-state index >= 15 is 0 Å². The molecule has 3 aromatic carbocycles. The van der Waals surface area contributed by atoms with E-state index in [1.165, 1.54) is 44.5 Å². The Labute approximate surface area is 236 Å². The van der Waals surface area contributed by atoms with E-state index in [2.05, 4.69) is 134 Å². The maximum absolute atomic E-state index is 5.04. The van der Waals surface area contributed by atoms with Gasteiger partial charge >= 0.3 is 0 Å². The minimum Gasteiger partial charge on any atom is -0.304 e. The Morgan fingerprint density at radius 1 is 0.514 bits per heavy atom. The van der Waals surface area contributed by atoms with Crippen molar-refractivity contribution in [2.75, 3.05) is 0 Å². The van der Waals surface area contributed by atoms with Crippen LogP contribution in [0.25, 0.3) is 11.3 Å². The summed E-state index contributed by atoms with van der Waals surface area (Å²) >= 11 is 0. The molecule has 0 fully saturated rings. The van der Waals surface area contributed by atoms with Crippen LogP contribution in [0.4, 0.5) is 0 Å². The third-order valence-corrected chi connectivity index (χ3v) is 9.37. The maximum atomic E-state index is 5.04. The Morgan fingerprint density at radius 3 is 1.41 bits per heavy atom. The summed E-state index contributed by atoms with van der Waals surface area (Å²) in [5.41, 5.74) is 12.8. The van der Waals surface area contributed by atoms with Gasteiger partial charge in [0, 0.05) is 37.1 Å². The van der Waals surface area contributed by atoms with Crippen molar-refractivity contribution < 1.29 is 20.1 Å². The summed E-state index contributed by atoms with van der Waals surface area (Å²) in [6.45, 7) is 18.7. The van der Waals surface area contributed by atoms with Gasteiger partial charge in [0.25, 0.3) is 0 Å². The summed E-state index contributed by atoms with van der Waals surface area (Å²) in [5, 5.41) is 0. The van der Waals surface area contributed by atoms with Gasteiger partial charge in [-0.3, -0.25) is 0 Å². The van der Waals surface area contributed by atoms with Crippen molar-refractivity contribution in [1.29, 1.82) is 0 Å². The zero-order valence-corrected chi connectivity index (χ0v) is 25.6. The normalized spacial score (nSPS) is 18.9. The van der Waals surface area contributed by atoms with E-state index in [4.69, 9.17) is 4.98 Å². The van der Waals surface area contributed by atoms with Crippen molar-refractivity contribution in [2.45, 2.75) is 77.0 Å². The number of benzene rings is 3. The predicted molar refractivity (Wildman–Crippen MR) is 150 cm³/mol. The van der Waals surface area contributed by atoms with Gasteiger partial charge in [0.2, 0.25) is 0 Å². The number of hydrogen-bond acceptors (Lipinski definition) is 1. The van der Waals surface area contributed by atoms with Crippen molar-refractivity contribution in [3.8, 4) is 11.3 Å². The van der Waals surface area contributed by atoms with Gasteiger partial charge in [-0.05, 0) is 49.9 Å². The predicted octanol–water partition coefficient (Wildman–Crippen LogP) is 8.48. The number of nitrogens with zero attached hydrogens (tertiary/aromatic N) is 1. The molecule has 0 saturated heterocycles. The number of hydrogen-bond donors (Lipinski definition) is 0. The van der Waals surface area contributed by atoms with Crippen LogP contribution in [0.3, 0.4) is 0 Å². The average Bonchev–Trinajstić information content (AvgIpc) is 2.86. The van der Waals surface area contributed by atoms with Gasteiger partial charge in [0.15, 0.2) is 0 Å². The van der Waals surface area contributed by atoms with Gasteiger partial charge in [0.05, 0.1) is 0 Å². The van der Waals surface area contributed by atoms with Gasteiger partial charge in [-0.15, -0.1) is 34.9 Å². The smallest absolute Gasteiger partial charge is 0.0204 e. The van der Waals surface area contributed by atoms with Gasteiger partial charge in [-0.1, -0.05) is 110 Å². The van der Waals surface area contributed by atoms with Gasteiger partial charge in [-0.2, -0.15) is 0 Å². The Kier molecular flexibility index (Phi) is 5.80. The molecule has 0 bridgehead atoms. The fourth-order valence-corrected chi connectivity index (χ4v) is 7.02. The Balaban J connectivity index is 0.00000280. The molecule has 2 aliphatic rings. The molecule has 2 heteroatoms.